The molecular weight excluding hydrogens is 541 g/mol. The highest BCUT2D eigenvalue weighted by Crippen LogP contribution is 2.33. The van der Waals surface area contributed by atoms with Crippen LogP contribution >= 0.6 is 11.6 Å². The molecule has 5 rings (SSSR count). The molecule has 0 unspecified atom stereocenters. The van der Waals surface area contributed by atoms with Gasteiger partial charge in [-0.05, 0) is 62.8 Å². The van der Waals surface area contributed by atoms with Crippen LogP contribution in [0.3, 0.4) is 0 Å². The lowest BCUT2D eigenvalue weighted by Crippen LogP contribution is -2.11. The third-order valence-electron chi connectivity index (χ3n) is 6.23. The van der Waals surface area contributed by atoms with Crippen LogP contribution in [0.1, 0.15) is 17.0 Å². The quantitative estimate of drug-likeness (QED) is 0.209. The number of nitrogens with one attached hydrogen (secondary N) is 1. The molecule has 0 spiro atoms. The highest BCUT2D eigenvalue weighted by atomic mass is 35.5. The van der Waals surface area contributed by atoms with Crippen molar-refractivity contribution in [3.63, 3.8) is 0 Å². The van der Waals surface area contributed by atoms with E-state index >= 15 is 0 Å². The molecule has 208 valence electrons. The Hall–Kier alpha value is -4.08. The summed E-state index contributed by atoms with van der Waals surface area (Å²) in [7, 11) is 2.01. The summed E-state index contributed by atoms with van der Waals surface area (Å²) in [5.41, 5.74) is 4.41. The van der Waals surface area contributed by atoms with Crippen molar-refractivity contribution >= 4 is 28.8 Å². The summed E-state index contributed by atoms with van der Waals surface area (Å²) in [6.07, 6.45) is -3.13. The average molecular weight is 569 g/mol. The Bertz CT molecular complexity index is 1580. The zero-order chi connectivity index (χ0) is 28.7. The van der Waals surface area contributed by atoms with E-state index in [1.807, 2.05) is 7.05 Å². The number of likely N-dealkylation sites (N-methyl/N-ethyl adjacent to an activating group) is 1. The molecule has 10 heteroatoms. The average Bonchev–Trinajstić information content (AvgIpc) is 3.50. The number of rotatable bonds is 8. The van der Waals surface area contributed by atoms with Crippen LogP contribution in [0.15, 0.2) is 84.9 Å². The Morgan fingerprint density at radius 2 is 1.68 bits per heavy atom. The van der Waals surface area contributed by atoms with E-state index in [4.69, 9.17) is 16.3 Å². The van der Waals surface area contributed by atoms with E-state index in [-0.39, 0.29) is 23.2 Å². The van der Waals surface area contributed by atoms with E-state index in [0.717, 1.165) is 17.6 Å². The maximum absolute atomic E-state index is 12.7. The maximum Gasteiger partial charge on any atom is 0.435 e. The minimum Gasteiger partial charge on any atom is -0.470 e. The number of hydrogen-bond acceptors (Lipinski definition) is 4. The number of alkyl halides is 3. The molecule has 40 heavy (non-hydrogen) atoms. The highest BCUT2D eigenvalue weighted by molar-refractivity contribution is 6.32. The summed E-state index contributed by atoms with van der Waals surface area (Å²) in [6.45, 7) is 2.84. The van der Waals surface area contributed by atoms with Crippen LogP contribution in [-0.4, -0.2) is 40.8 Å². The molecule has 0 saturated heterocycles. The number of aromatic nitrogens is 3. The van der Waals surface area contributed by atoms with Gasteiger partial charge in [0.25, 0.3) is 0 Å². The molecule has 0 amide bonds. The van der Waals surface area contributed by atoms with Gasteiger partial charge < -0.3 is 14.6 Å². The van der Waals surface area contributed by atoms with Gasteiger partial charge in [0.15, 0.2) is 12.0 Å². The third kappa shape index (κ3) is 6.38. The van der Waals surface area contributed by atoms with Gasteiger partial charge in [-0.1, -0.05) is 60.1 Å². The van der Waals surface area contributed by atoms with Crippen molar-refractivity contribution in [1.29, 1.82) is 0 Å². The number of carbonyl (C=O) groups excluding carboxylic acids is 1. The predicted molar refractivity (Wildman–Crippen MR) is 151 cm³/mol. The van der Waals surface area contributed by atoms with Crippen LogP contribution in [0, 0.1) is 6.92 Å². The molecule has 5 aromatic rings. The molecule has 0 aliphatic rings. The summed E-state index contributed by atoms with van der Waals surface area (Å²) in [4.78, 5) is 10.3. The molecule has 6 nitrogen and oxygen atoms in total. The molecule has 0 radical (unpaired) electrons. The summed E-state index contributed by atoms with van der Waals surface area (Å²) in [5, 5.41) is 8.25. The fourth-order valence-electron chi connectivity index (χ4n) is 4.43. The standard InChI is InChI=1S/C18H20N2.C12H8ClF3N2O2/c1-14-16(12-13-19-2)17-10-6-7-11-18(17)20(14)15-8-4-3-5-9-15;13-8-3-1-2-4-9(8)18-11(20-6-5-19)7-10(17-18)12(14,15)16/h3-11,19H,12-13H2,1-2H3;1-5,7H,6H2. The number of halogens is 4. The normalized spacial score (nSPS) is 11.2. The largest absolute Gasteiger partial charge is 0.470 e. The van der Waals surface area contributed by atoms with Gasteiger partial charge >= 0.3 is 6.18 Å². The van der Waals surface area contributed by atoms with Crippen LogP contribution in [0.4, 0.5) is 13.2 Å². The molecule has 0 atom stereocenters. The summed E-state index contributed by atoms with van der Waals surface area (Å²) in [5.74, 6) is -0.211. The number of hydrogen-bond donors (Lipinski definition) is 1. The first-order chi connectivity index (χ1) is 19.3. The van der Waals surface area contributed by atoms with E-state index in [1.54, 1.807) is 12.1 Å². The Morgan fingerprint density at radius 3 is 2.35 bits per heavy atom. The lowest BCUT2D eigenvalue weighted by atomic mass is 10.1. The van der Waals surface area contributed by atoms with Crippen molar-refractivity contribution in [2.75, 3.05) is 20.2 Å². The van der Waals surface area contributed by atoms with Crippen molar-refractivity contribution in [2.24, 2.45) is 0 Å². The summed E-state index contributed by atoms with van der Waals surface area (Å²) in [6, 6.07) is 26.2. The van der Waals surface area contributed by atoms with E-state index in [0.29, 0.717) is 12.4 Å². The highest BCUT2D eigenvalue weighted by Gasteiger charge is 2.35. The van der Waals surface area contributed by atoms with Gasteiger partial charge in [0.05, 0.1) is 16.2 Å². The topological polar surface area (TPSA) is 61.1 Å². The second-order valence-corrected chi connectivity index (χ2v) is 9.22. The van der Waals surface area contributed by atoms with Gasteiger partial charge in [-0.25, -0.2) is 0 Å². The second-order valence-electron chi connectivity index (χ2n) is 8.81. The summed E-state index contributed by atoms with van der Waals surface area (Å²) < 4.78 is 46.3. The van der Waals surface area contributed by atoms with Crippen LogP contribution in [0.25, 0.3) is 22.3 Å². The zero-order valence-corrected chi connectivity index (χ0v) is 22.7. The smallest absolute Gasteiger partial charge is 0.435 e. The lowest BCUT2D eigenvalue weighted by Gasteiger charge is -2.08. The number of fused-ring (bicyclic) bond motifs is 1. The molecule has 2 heterocycles. The van der Waals surface area contributed by atoms with Gasteiger partial charge in [0, 0.05) is 22.8 Å². The van der Waals surface area contributed by atoms with Crippen molar-refractivity contribution in [2.45, 2.75) is 19.5 Å². The van der Waals surface area contributed by atoms with Gasteiger partial charge in [-0.3, -0.25) is 4.79 Å². The first kappa shape index (κ1) is 28.9. The van der Waals surface area contributed by atoms with E-state index in [1.165, 1.54) is 40.0 Å². The fraction of sp³-hybridized carbons (Fsp3) is 0.200. The molecule has 0 fully saturated rings. The molecule has 0 bridgehead atoms. The van der Waals surface area contributed by atoms with Gasteiger partial charge in [-0.2, -0.15) is 23.0 Å². The minimum atomic E-state index is -4.62. The van der Waals surface area contributed by atoms with Crippen molar-refractivity contribution in [3.8, 4) is 17.3 Å². The SMILES string of the molecule is CNCCc1c(C)n(-c2ccccc2)c2ccccc12.O=CCOc1cc(C(F)(F)F)nn1-c1ccccc1Cl. The Balaban J connectivity index is 0.000000185. The predicted octanol–water partition coefficient (Wildman–Crippen LogP) is 6.82. The molecule has 2 aromatic heterocycles. The monoisotopic (exact) mass is 568 g/mol. The number of nitrogens with zero attached hydrogens (tertiary/aromatic N) is 3. The van der Waals surface area contributed by atoms with Crippen molar-refractivity contribution in [1.82, 2.24) is 19.7 Å². The molecule has 0 aliphatic carbocycles. The minimum absolute atomic E-state index is 0.209. The van der Waals surface area contributed by atoms with Crippen molar-refractivity contribution < 1.29 is 22.7 Å². The van der Waals surface area contributed by atoms with E-state index in [2.05, 4.69) is 76.5 Å². The second kappa shape index (κ2) is 12.8. The number of carbonyl (C=O) groups is 1. The first-order valence-corrected chi connectivity index (χ1v) is 12.9. The maximum atomic E-state index is 12.7. The van der Waals surface area contributed by atoms with Gasteiger partial charge in [0.2, 0.25) is 5.88 Å². The molecule has 3 aromatic carbocycles. The number of para-hydroxylation sites is 3. The lowest BCUT2D eigenvalue weighted by molar-refractivity contribution is -0.141. The van der Waals surface area contributed by atoms with Gasteiger partial charge in [-0.15, -0.1) is 0 Å². The molecule has 0 saturated carbocycles. The van der Waals surface area contributed by atoms with E-state index in [9.17, 15) is 18.0 Å². The Labute approximate surface area is 234 Å². The summed E-state index contributed by atoms with van der Waals surface area (Å²) >= 11 is 5.92. The fourth-order valence-corrected chi connectivity index (χ4v) is 4.65. The Morgan fingerprint density at radius 1 is 1.00 bits per heavy atom. The van der Waals surface area contributed by atoms with Gasteiger partial charge in [0.1, 0.15) is 6.61 Å². The number of benzene rings is 3. The molecular formula is C30H28ClF3N4O2. The Kier molecular flexibility index (Phi) is 9.29. The first-order valence-electron chi connectivity index (χ1n) is 12.5. The van der Waals surface area contributed by atoms with Crippen molar-refractivity contribution in [3.05, 3.63) is 107 Å². The third-order valence-corrected chi connectivity index (χ3v) is 6.55. The zero-order valence-electron chi connectivity index (χ0n) is 22.0. The molecule has 0 aliphatic heterocycles. The number of ether oxygens (including phenoxy) is 1. The molecule has 1 N–H and O–H groups in total. The number of aldehydes is 1. The van der Waals surface area contributed by atoms with Crippen LogP contribution in [0.2, 0.25) is 5.02 Å². The van der Waals surface area contributed by atoms with Crippen LogP contribution in [0.5, 0.6) is 5.88 Å². The van der Waals surface area contributed by atoms with E-state index < -0.39 is 11.9 Å². The van der Waals surface area contributed by atoms with Crippen LogP contribution in [-0.2, 0) is 17.4 Å². The van der Waals surface area contributed by atoms with Crippen LogP contribution < -0.4 is 10.1 Å².